The molecule has 0 radical (unpaired) electrons. The Balaban J connectivity index is 3.40. The minimum Gasteiger partial charge on any atom is -0.478 e. The van der Waals surface area contributed by atoms with E-state index in [2.05, 4.69) is 15.9 Å². The van der Waals surface area contributed by atoms with Crippen LogP contribution in [0.4, 0.5) is 0 Å². The van der Waals surface area contributed by atoms with Gasteiger partial charge in [-0.25, -0.2) is 4.79 Å². The normalized spacial score (nSPS) is 10.2. The summed E-state index contributed by atoms with van der Waals surface area (Å²) in [6.45, 7) is 3.93. The first-order chi connectivity index (χ1) is 6.60. The second-order valence-corrected chi connectivity index (χ2v) is 4.03. The van der Waals surface area contributed by atoms with Crippen LogP contribution in [0.3, 0.4) is 0 Å². The summed E-state index contributed by atoms with van der Waals surface area (Å²) >= 11 is 3.38. The molecule has 1 aromatic rings. The Labute approximate surface area is 92.1 Å². The largest absolute Gasteiger partial charge is 0.478 e. The van der Waals surface area contributed by atoms with Crippen LogP contribution in [0, 0.1) is 0 Å². The Morgan fingerprint density at radius 2 is 1.71 bits per heavy atom. The topological polar surface area (TPSA) is 37.3 Å². The minimum absolute atomic E-state index is 0.471. The fourth-order valence-corrected chi connectivity index (χ4v) is 2.11. The summed E-state index contributed by atoms with van der Waals surface area (Å²) in [5, 5.41) is 9.08. The lowest BCUT2D eigenvalue weighted by atomic mass is 9.98. The van der Waals surface area contributed by atoms with Crippen LogP contribution in [0.25, 0.3) is 0 Å². The number of hydrogen-bond donors (Lipinski definition) is 1. The van der Waals surface area contributed by atoms with Crippen molar-refractivity contribution in [1.29, 1.82) is 0 Å². The molecule has 0 saturated carbocycles. The highest BCUT2D eigenvalue weighted by atomic mass is 79.9. The van der Waals surface area contributed by atoms with Crippen molar-refractivity contribution in [3.05, 3.63) is 33.3 Å². The number of carbonyl (C=O) groups is 1. The maximum atomic E-state index is 11.1. The van der Waals surface area contributed by atoms with Gasteiger partial charge in [-0.3, -0.25) is 0 Å². The highest BCUT2D eigenvalue weighted by Gasteiger charge is 2.14. The summed E-state index contributed by atoms with van der Waals surface area (Å²) in [6.07, 6.45) is 1.49. The predicted octanol–water partition coefficient (Wildman–Crippen LogP) is 3.27. The van der Waals surface area contributed by atoms with Crippen molar-refractivity contribution >= 4 is 21.9 Å². The second-order valence-electron chi connectivity index (χ2n) is 3.11. The van der Waals surface area contributed by atoms with E-state index in [1.807, 2.05) is 26.0 Å². The number of carboxylic acid groups (broad SMARTS) is 1. The van der Waals surface area contributed by atoms with Crippen LogP contribution < -0.4 is 0 Å². The molecule has 14 heavy (non-hydrogen) atoms. The van der Waals surface area contributed by atoms with Crippen LogP contribution >= 0.6 is 15.9 Å². The Morgan fingerprint density at radius 3 is 2.00 bits per heavy atom. The molecule has 0 unspecified atom stereocenters. The summed E-state index contributed by atoms with van der Waals surface area (Å²) in [5.41, 5.74) is 2.26. The quantitative estimate of drug-likeness (QED) is 0.902. The molecule has 0 aliphatic carbocycles. The molecule has 0 spiro atoms. The highest BCUT2D eigenvalue weighted by molar-refractivity contribution is 9.10. The first-order valence-corrected chi connectivity index (χ1v) is 5.44. The lowest BCUT2D eigenvalue weighted by Gasteiger charge is -2.09. The van der Waals surface area contributed by atoms with Crippen LogP contribution in [0.1, 0.15) is 35.3 Å². The van der Waals surface area contributed by atoms with E-state index in [4.69, 9.17) is 5.11 Å². The smallest absolute Gasteiger partial charge is 0.336 e. The van der Waals surface area contributed by atoms with Gasteiger partial charge in [-0.2, -0.15) is 0 Å². The van der Waals surface area contributed by atoms with E-state index in [0.717, 1.165) is 28.4 Å². The number of benzene rings is 1. The molecule has 0 aliphatic heterocycles. The van der Waals surface area contributed by atoms with Crippen molar-refractivity contribution in [2.45, 2.75) is 26.7 Å². The van der Waals surface area contributed by atoms with Gasteiger partial charge in [0, 0.05) is 4.47 Å². The first kappa shape index (κ1) is 11.2. The van der Waals surface area contributed by atoms with Crippen LogP contribution in [0.5, 0.6) is 0 Å². The molecule has 1 aromatic carbocycles. The van der Waals surface area contributed by atoms with Gasteiger partial charge in [-0.05, 0) is 36.1 Å². The third-order valence-electron chi connectivity index (χ3n) is 2.24. The molecule has 1 rings (SSSR count). The van der Waals surface area contributed by atoms with Crippen LogP contribution in [-0.2, 0) is 12.8 Å². The van der Waals surface area contributed by atoms with E-state index in [0.29, 0.717) is 5.56 Å². The summed E-state index contributed by atoms with van der Waals surface area (Å²) < 4.78 is 0.955. The molecular weight excluding hydrogens is 244 g/mol. The Kier molecular flexibility index (Phi) is 3.69. The van der Waals surface area contributed by atoms with Crippen molar-refractivity contribution in [3.63, 3.8) is 0 Å². The summed E-state index contributed by atoms with van der Waals surface area (Å²) in [6, 6.07) is 3.76. The van der Waals surface area contributed by atoms with Crippen molar-refractivity contribution in [2.75, 3.05) is 0 Å². The lowest BCUT2D eigenvalue weighted by Crippen LogP contribution is -2.06. The van der Waals surface area contributed by atoms with E-state index < -0.39 is 5.97 Å². The molecule has 76 valence electrons. The maximum Gasteiger partial charge on any atom is 0.336 e. The van der Waals surface area contributed by atoms with E-state index in [-0.39, 0.29) is 0 Å². The molecule has 3 heteroatoms. The molecule has 0 atom stereocenters. The van der Waals surface area contributed by atoms with Gasteiger partial charge in [0.2, 0.25) is 0 Å². The number of halogens is 1. The minimum atomic E-state index is -0.828. The van der Waals surface area contributed by atoms with Gasteiger partial charge in [-0.1, -0.05) is 29.8 Å². The fraction of sp³-hybridized carbons (Fsp3) is 0.364. The van der Waals surface area contributed by atoms with Crippen LogP contribution in [0.2, 0.25) is 0 Å². The number of aryl methyl sites for hydroxylation is 2. The first-order valence-electron chi connectivity index (χ1n) is 4.64. The molecule has 0 aliphatic rings. The maximum absolute atomic E-state index is 11.1. The zero-order valence-electron chi connectivity index (χ0n) is 8.30. The molecular formula is C11H13BrO2. The van der Waals surface area contributed by atoms with Gasteiger partial charge in [0.25, 0.3) is 0 Å². The SMILES string of the molecule is CCc1cc(Br)cc(CC)c1C(=O)O. The van der Waals surface area contributed by atoms with E-state index in [1.165, 1.54) is 0 Å². The standard InChI is InChI=1S/C11H13BrO2/c1-3-7-5-9(12)6-8(4-2)10(7)11(13)14/h5-6H,3-4H2,1-2H3,(H,13,14). The van der Waals surface area contributed by atoms with Crippen LogP contribution in [0.15, 0.2) is 16.6 Å². The molecule has 1 N–H and O–H groups in total. The van der Waals surface area contributed by atoms with Gasteiger partial charge >= 0.3 is 5.97 Å². The van der Waals surface area contributed by atoms with Gasteiger partial charge in [-0.15, -0.1) is 0 Å². The van der Waals surface area contributed by atoms with Crippen molar-refractivity contribution < 1.29 is 9.90 Å². The zero-order valence-corrected chi connectivity index (χ0v) is 9.89. The van der Waals surface area contributed by atoms with Crippen LogP contribution in [-0.4, -0.2) is 11.1 Å². The second kappa shape index (κ2) is 4.60. The Morgan fingerprint density at radius 1 is 1.29 bits per heavy atom. The molecule has 0 fully saturated rings. The lowest BCUT2D eigenvalue weighted by molar-refractivity contribution is 0.0694. The fourth-order valence-electron chi connectivity index (χ4n) is 1.56. The molecule has 0 saturated heterocycles. The third kappa shape index (κ3) is 2.15. The number of hydrogen-bond acceptors (Lipinski definition) is 1. The summed E-state index contributed by atoms with van der Waals surface area (Å²) in [5.74, 6) is -0.828. The average molecular weight is 257 g/mol. The predicted molar refractivity (Wildman–Crippen MR) is 59.9 cm³/mol. The van der Waals surface area contributed by atoms with Gasteiger partial charge in [0.15, 0.2) is 0 Å². The molecule has 0 amide bonds. The zero-order chi connectivity index (χ0) is 10.7. The Hall–Kier alpha value is -0.830. The third-order valence-corrected chi connectivity index (χ3v) is 2.70. The number of rotatable bonds is 3. The highest BCUT2D eigenvalue weighted by Crippen LogP contribution is 2.22. The van der Waals surface area contributed by atoms with E-state index in [1.54, 1.807) is 0 Å². The molecule has 0 bridgehead atoms. The number of carboxylic acids is 1. The van der Waals surface area contributed by atoms with E-state index in [9.17, 15) is 4.79 Å². The van der Waals surface area contributed by atoms with Gasteiger partial charge in [0.05, 0.1) is 5.56 Å². The molecule has 0 aromatic heterocycles. The average Bonchev–Trinajstić information content (AvgIpc) is 2.15. The van der Waals surface area contributed by atoms with E-state index >= 15 is 0 Å². The summed E-state index contributed by atoms with van der Waals surface area (Å²) in [4.78, 5) is 11.1. The molecule has 2 nitrogen and oxygen atoms in total. The van der Waals surface area contributed by atoms with Gasteiger partial charge < -0.3 is 5.11 Å². The number of aromatic carboxylic acids is 1. The Bertz CT molecular complexity index is 333. The van der Waals surface area contributed by atoms with Crippen molar-refractivity contribution in [1.82, 2.24) is 0 Å². The van der Waals surface area contributed by atoms with Crippen molar-refractivity contribution in [2.24, 2.45) is 0 Å². The monoisotopic (exact) mass is 256 g/mol. The van der Waals surface area contributed by atoms with Crippen molar-refractivity contribution in [3.8, 4) is 0 Å². The van der Waals surface area contributed by atoms with Gasteiger partial charge in [0.1, 0.15) is 0 Å². The summed E-state index contributed by atoms with van der Waals surface area (Å²) in [7, 11) is 0. The molecule has 0 heterocycles.